The molecule has 8 nitrogen and oxygen atoms in total. The summed E-state index contributed by atoms with van der Waals surface area (Å²) in [5.74, 6) is -0.529. The number of hydrogen-bond acceptors (Lipinski definition) is 7. The Morgan fingerprint density at radius 3 is 2.38 bits per heavy atom. The SMILES string of the molecule is CC(C)C(C(=O)OCc1nnc(-c2ccc([N+](=O)[O-])cc2)o1)c1ccc(Cl)cc1. The molecule has 0 saturated carbocycles. The van der Waals surface area contributed by atoms with Gasteiger partial charge in [-0.25, -0.2) is 0 Å². The quantitative estimate of drug-likeness (QED) is 0.310. The van der Waals surface area contributed by atoms with Crippen LogP contribution in [0.25, 0.3) is 11.5 Å². The van der Waals surface area contributed by atoms with Crippen LogP contribution in [-0.2, 0) is 16.1 Å². The molecule has 0 amide bonds. The predicted octanol–water partition coefficient (Wildman–Crippen LogP) is 4.78. The molecule has 0 fully saturated rings. The lowest BCUT2D eigenvalue weighted by Gasteiger charge is -2.19. The molecular formula is C20H18ClN3O5. The highest BCUT2D eigenvalue weighted by Gasteiger charge is 2.26. The second-order valence-electron chi connectivity index (χ2n) is 6.69. The van der Waals surface area contributed by atoms with Crippen molar-refractivity contribution >= 4 is 23.3 Å². The minimum Gasteiger partial charge on any atom is -0.455 e. The summed E-state index contributed by atoms with van der Waals surface area (Å²) in [6, 6.07) is 12.8. The van der Waals surface area contributed by atoms with Crippen LogP contribution in [0.3, 0.4) is 0 Å². The average Bonchev–Trinajstić information content (AvgIpc) is 3.17. The van der Waals surface area contributed by atoms with Crippen LogP contribution in [0.15, 0.2) is 52.9 Å². The molecule has 0 N–H and O–H groups in total. The molecule has 0 spiro atoms. The highest BCUT2D eigenvalue weighted by atomic mass is 35.5. The largest absolute Gasteiger partial charge is 0.455 e. The van der Waals surface area contributed by atoms with Crippen molar-refractivity contribution in [2.75, 3.05) is 0 Å². The Kier molecular flexibility index (Phi) is 6.23. The molecule has 1 aromatic heterocycles. The highest BCUT2D eigenvalue weighted by molar-refractivity contribution is 6.30. The molecule has 1 unspecified atom stereocenters. The summed E-state index contributed by atoms with van der Waals surface area (Å²) in [6.45, 7) is 3.69. The van der Waals surface area contributed by atoms with Gasteiger partial charge in [0.1, 0.15) is 0 Å². The summed E-state index contributed by atoms with van der Waals surface area (Å²) in [7, 11) is 0. The van der Waals surface area contributed by atoms with Gasteiger partial charge in [0.05, 0.1) is 10.8 Å². The Balaban J connectivity index is 1.67. The van der Waals surface area contributed by atoms with Crippen molar-refractivity contribution in [3.63, 3.8) is 0 Å². The maximum Gasteiger partial charge on any atom is 0.314 e. The van der Waals surface area contributed by atoms with Gasteiger partial charge in [0, 0.05) is 22.7 Å². The molecule has 9 heteroatoms. The summed E-state index contributed by atoms with van der Waals surface area (Å²) >= 11 is 5.92. The molecule has 2 aromatic carbocycles. The van der Waals surface area contributed by atoms with E-state index in [4.69, 9.17) is 20.8 Å². The van der Waals surface area contributed by atoms with E-state index in [1.165, 1.54) is 24.3 Å². The zero-order valence-electron chi connectivity index (χ0n) is 15.7. The molecule has 1 heterocycles. The van der Waals surface area contributed by atoms with E-state index in [0.29, 0.717) is 10.6 Å². The van der Waals surface area contributed by atoms with E-state index in [-0.39, 0.29) is 30.0 Å². The lowest BCUT2D eigenvalue weighted by molar-refractivity contribution is -0.384. The van der Waals surface area contributed by atoms with E-state index in [1.54, 1.807) is 24.3 Å². The van der Waals surface area contributed by atoms with Crippen LogP contribution in [0.4, 0.5) is 5.69 Å². The first kappa shape index (κ1) is 20.5. The van der Waals surface area contributed by atoms with Crippen LogP contribution in [0.1, 0.15) is 31.2 Å². The van der Waals surface area contributed by atoms with Crippen molar-refractivity contribution in [2.45, 2.75) is 26.4 Å². The number of carbonyl (C=O) groups excluding carboxylic acids is 1. The molecule has 0 radical (unpaired) electrons. The number of aromatic nitrogens is 2. The van der Waals surface area contributed by atoms with E-state index in [2.05, 4.69) is 10.2 Å². The maximum absolute atomic E-state index is 12.6. The summed E-state index contributed by atoms with van der Waals surface area (Å²) in [5.41, 5.74) is 1.30. The number of rotatable bonds is 7. The molecule has 0 aliphatic carbocycles. The smallest absolute Gasteiger partial charge is 0.314 e. The van der Waals surface area contributed by atoms with Crippen molar-refractivity contribution in [3.05, 3.63) is 75.1 Å². The van der Waals surface area contributed by atoms with E-state index in [1.807, 2.05) is 13.8 Å². The van der Waals surface area contributed by atoms with Crippen molar-refractivity contribution in [1.29, 1.82) is 0 Å². The van der Waals surface area contributed by atoms with E-state index in [9.17, 15) is 14.9 Å². The average molecular weight is 416 g/mol. The third-order valence-corrected chi connectivity index (χ3v) is 4.53. The molecule has 0 aliphatic heterocycles. The zero-order valence-corrected chi connectivity index (χ0v) is 16.5. The number of hydrogen-bond donors (Lipinski definition) is 0. The van der Waals surface area contributed by atoms with Gasteiger partial charge in [0.2, 0.25) is 5.89 Å². The van der Waals surface area contributed by atoms with Crippen molar-refractivity contribution < 1.29 is 18.9 Å². The Morgan fingerprint density at radius 2 is 1.79 bits per heavy atom. The number of nitro groups is 1. The van der Waals surface area contributed by atoms with E-state index >= 15 is 0 Å². The van der Waals surface area contributed by atoms with Gasteiger partial charge in [-0.05, 0) is 35.7 Å². The number of non-ortho nitro benzene ring substituents is 1. The first-order chi connectivity index (χ1) is 13.8. The van der Waals surface area contributed by atoms with Gasteiger partial charge in [-0.2, -0.15) is 0 Å². The molecule has 0 aliphatic rings. The fraction of sp³-hybridized carbons (Fsp3) is 0.250. The third kappa shape index (κ3) is 4.97. The van der Waals surface area contributed by atoms with E-state index < -0.39 is 16.8 Å². The fourth-order valence-electron chi connectivity index (χ4n) is 2.84. The minimum absolute atomic E-state index is 0.0158. The molecule has 3 aromatic rings. The predicted molar refractivity (Wildman–Crippen MR) is 105 cm³/mol. The topological polar surface area (TPSA) is 108 Å². The number of esters is 1. The second kappa shape index (κ2) is 8.83. The number of halogens is 1. The number of nitrogens with zero attached hydrogens (tertiary/aromatic N) is 3. The lowest BCUT2D eigenvalue weighted by atomic mass is 9.88. The lowest BCUT2D eigenvalue weighted by Crippen LogP contribution is -2.20. The maximum atomic E-state index is 12.6. The Labute approximate surface area is 171 Å². The molecular weight excluding hydrogens is 398 g/mol. The van der Waals surface area contributed by atoms with Crippen molar-refractivity contribution in [2.24, 2.45) is 5.92 Å². The summed E-state index contributed by atoms with van der Waals surface area (Å²) in [4.78, 5) is 22.8. The number of benzene rings is 2. The normalized spacial score (nSPS) is 12.0. The van der Waals surface area contributed by atoms with Gasteiger partial charge in [0.15, 0.2) is 6.61 Å². The van der Waals surface area contributed by atoms with Gasteiger partial charge < -0.3 is 9.15 Å². The third-order valence-electron chi connectivity index (χ3n) is 4.28. The van der Waals surface area contributed by atoms with Crippen LogP contribution in [0, 0.1) is 16.0 Å². The van der Waals surface area contributed by atoms with Gasteiger partial charge in [-0.1, -0.05) is 37.6 Å². The Bertz CT molecular complexity index is 1000. The molecule has 3 rings (SSSR count). The molecule has 150 valence electrons. The van der Waals surface area contributed by atoms with Gasteiger partial charge in [-0.15, -0.1) is 10.2 Å². The molecule has 0 bridgehead atoms. The van der Waals surface area contributed by atoms with Crippen LogP contribution in [-0.4, -0.2) is 21.1 Å². The van der Waals surface area contributed by atoms with Crippen molar-refractivity contribution in [1.82, 2.24) is 10.2 Å². The second-order valence-corrected chi connectivity index (χ2v) is 7.12. The summed E-state index contributed by atoms with van der Waals surface area (Å²) < 4.78 is 10.9. The number of nitro benzene ring substituents is 1. The van der Waals surface area contributed by atoms with Gasteiger partial charge in [0.25, 0.3) is 11.6 Å². The van der Waals surface area contributed by atoms with Crippen LogP contribution in [0.2, 0.25) is 5.02 Å². The minimum atomic E-state index is -0.492. The van der Waals surface area contributed by atoms with Crippen LogP contribution in [0.5, 0.6) is 0 Å². The van der Waals surface area contributed by atoms with Gasteiger partial charge in [-0.3, -0.25) is 14.9 Å². The molecule has 0 saturated heterocycles. The van der Waals surface area contributed by atoms with Crippen LogP contribution < -0.4 is 0 Å². The zero-order chi connectivity index (χ0) is 21.0. The standard InChI is InChI=1S/C20H18ClN3O5/c1-12(2)18(13-3-7-15(21)8-4-13)20(25)28-11-17-22-23-19(29-17)14-5-9-16(10-6-14)24(26)27/h3-10,12,18H,11H2,1-2H3. The van der Waals surface area contributed by atoms with Gasteiger partial charge >= 0.3 is 5.97 Å². The van der Waals surface area contributed by atoms with Crippen molar-refractivity contribution in [3.8, 4) is 11.5 Å². The first-order valence-electron chi connectivity index (χ1n) is 8.84. The number of ether oxygens (including phenoxy) is 1. The van der Waals surface area contributed by atoms with E-state index in [0.717, 1.165) is 5.56 Å². The Morgan fingerprint density at radius 1 is 1.14 bits per heavy atom. The Hall–Kier alpha value is -3.26. The number of carbonyl (C=O) groups is 1. The van der Waals surface area contributed by atoms with Crippen LogP contribution >= 0.6 is 11.6 Å². The highest BCUT2D eigenvalue weighted by Crippen LogP contribution is 2.28. The fourth-order valence-corrected chi connectivity index (χ4v) is 2.97. The first-order valence-corrected chi connectivity index (χ1v) is 9.22. The molecule has 1 atom stereocenters. The molecule has 29 heavy (non-hydrogen) atoms. The monoisotopic (exact) mass is 415 g/mol. The summed E-state index contributed by atoms with van der Waals surface area (Å²) in [5, 5.41) is 19.1. The summed E-state index contributed by atoms with van der Waals surface area (Å²) in [6.07, 6.45) is 0.